The molecule has 1 saturated heterocycles. The van der Waals surface area contributed by atoms with Gasteiger partial charge in [-0.2, -0.15) is 0 Å². The smallest absolute Gasteiger partial charge is 0.326 e. The summed E-state index contributed by atoms with van der Waals surface area (Å²) in [5, 5.41) is 14.3. The standard InChI is InChI=1S/C17H30N4O5/c1-9(2)8-12(17(25)26)20-15(23)13-6-5-7-21(13)16(24)11(4)19-14(22)10(3)18/h9-13H,5-8,18H2,1-4H3,(H,19,22)(H,20,23)(H,25,26). The van der Waals surface area contributed by atoms with Crippen LogP contribution in [-0.4, -0.2) is 64.4 Å². The first-order valence-corrected chi connectivity index (χ1v) is 8.94. The molecule has 26 heavy (non-hydrogen) atoms. The Morgan fingerprint density at radius 1 is 1.15 bits per heavy atom. The molecule has 0 aromatic carbocycles. The van der Waals surface area contributed by atoms with Gasteiger partial charge in [-0.3, -0.25) is 14.4 Å². The van der Waals surface area contributed by atoms with Gasteiger partial charge in [0.2, 0.25) is 17.7 Å². The highest BCUT2D eigenvalue weighted by Crippen LogP contribution is 2.19. The Hall–Kier alpha value is -2.16. The van der Waals surface area contributed by atoms with Crippen LogP contribution in [0.4, 0.5) is 0 Å². The second kappa shape index (κ2) is 9.51. The maximum atomic E-state index is 12.6. The summed E-state index contributed by atoms with van der Waals surface area (Å²) in [5.41, 5.74) is 5.48. The number of amides is 3. The summed E-state index contributed by atoms with van der Waals surface area (Å²) in [4.78, 5) is 49.5. The van der Waals surface area contributed by atoms with Gasteiger partial charge in [-0.05, 0) is 39.0 Å². The lowest BCUT2D eigenvalue weighted by Crippen LogP contribution is -2.55. The molecule has 0 spiro atoms. The van der Waals surface area contributed by atoms with Gasteiger partial charge in [0.25, 0.3) is 0 Å². The molecule has 0 aromatic heterocycles. The van der Waals surface area contributed by atoms with E-state index >= 15 is 0 Å². The SMILES string of the molecule is CC(C)CC(NC(=O)C1CCCN1C(=O)C(C)NC(=O)C(C)N)C(=O)O. The number of carboxylic acid groups (broad SMARTS) is 1. The average Bonchev–Trinajstić information content (AvgIpc) is 3.02. The van der Waals surface area contributed by atoms with Crippen LogP contribution in [0.2, 0.25) is 0 Å². The van der Waals surface area contributed by atoms with Gasteiger partial charge in [0, 0.05) is 6.54 Å². The predicted molar refractivity (Wildman–Crippen MR) is 95.0 cm³/mol. The molecule has 3 amide bonds. The van der Waals surface area contributed by atoms with Crippen LogP contribution in [0.1, 0.15) is 47.0 Å². The van der Waals surface area contributed by atoms with Crippen molar-refractivity contribution in [2.24, 2.45) is 11.7 Å². The zero-order valence-electron chi connectivity index (χ0n) is 15.8. The van der Waals surface area contributed by atoms with Gasteiger partial charge in [-0.15, -0.1) is 0 Å². The van der Waals surface area contributed by atoms with Crippen molar-refractivity contribution >= 4 is 23.7 Å². The fourth-order valence-corrected chi connectivity index (χ4v) is 2.92. The monoisotopic (exact) mass is 370 g/mol. The summed E-state index contributed by atoms with van der Waals surface area (Å²) in [5.74, 6) is -2.30. The van der Waals surface area contributed by atoms with E-state index in [0.717, 1.165) is 0 Å². The summed E-state index contributed by atoms with van der Waals surface area (Å²) in [6.45, 7) is 7.18. The number of carbonyl (C=O) groups is 4. The molecule has 5 N–H and O–H groups in total. The fourth-order valence-electron chi connectivity index (χ4n) is 2.92. The molecule has 1 heterocycles. The first-order chi connectivity index (χ1) is 12.0. The molecule has 4 unspecified atom stereocenters. The van der Waals surface area contributed by atoms with Crippen LogP contribution in [-0.2, 0) is 19.2 Å². The Labute approximate surface area is 153 Å². The van der Waals surface area contributed by atoms with Crippen molar-refractivity contribution in [1.29, 1.82) is 0 Å². The topological polar surface area (TPSA) is 142 Å². The molecule has 0 radical (unpaired) electrons. The molecule has 0 bridgehead atoms. The Bertz CT molecular complexity index is 549. The second-order valence-corrected chi connectivity index (χ2v) is 7.24. The van der Waals surface area contributed by atoms with E-state index in [4.69, 9.17) is 5.73 Å². The number of nitrogens with one attached hydrogen (secondary N) is 2. The van der Waals surface area contributed by atoms with E-state index in [0.29, 0.717) is 25.8 Å². The van der Waals surface area contributed by atoms with E-state index in [1.807, 2.05) is 13.8 Å². The maximum absolute atomic E-state index is 12.6. The minimum absolute atomic E-state index is 0.103. The van der Waals surface area contributed by atoms with Gasteiger partial charge in [0.15, 0.2) is 0 Å². The molecule has 1 aliphatic rings. The summed E-state index contributed by atoms with van der Waals surface area (Å²) in [7, 11) is 0. The fraction of sp³-hybridized carbons (Fsp3) is 0.765. The highest BCUT2D eigenvalue weighted by atomic mass is 16.4. The van der Waals surface area contributed by atoms with Crippen LogP contribution in [0, 0.1) is 5.92 Å². The van der Waals surface area contributed by atoms with Gasteiger partial charge >= 0.3 is 5.97 Å². The van der Waals surface area contributed by atoms with Crippen molar-refractivity contribution in [1.82, 2.24) is 15.5 Å². The van der Waals surface area contributed by atoms with Gasteiger partial charge < -0.3 is 26.4 Å². The molecule has 0 aromatic rings. The molecule has 1 aliphatic heterocycles. The number of rotatable bonds is 8. The Balaban J connectivity index is 2.76. The number of likely N-dealkylation sites (tertiary alicyclic amines) is 1. The molecular weight excluding hydrogens is 340 g/mol. The molecule has 9 nitrogen and oxygen atoms in total. The van der Waals surface area contributed by atoms with E-state index in [9.17, 15) is 24.3 Å². The highest BCUT2D eigenvalue weighted by Gasteiger charge is 2.37. The Morgan fingerprint density at radius 3 is 2.27 bits per heavy atom. The largest absolute Gasteiger partial charge is 0.480 e. The lowest BCUT2D eigenvalue weighted by Gasteiger charge is -2.28. The van der Waals surface area contributed by atoms with Crippen molar-refractivity contribution in [2.45, 2.75) is 71.1 Å². The summed E-state index contributed by atoms with van der Waals surface area (Å²) in [6.07, 6.45) is 1.40. The number of hydrogen-bond donors (Lipinski definition) is 4. The molecule has 0 saturated carbocycles. The molecule has 4 atom stereocenters. The minimum Gasteiger partial charge on any atom is -0.480 e. The average molecular weight is 370 g/mol. The lowest BCUT2D eigenvalue weighted by atomic mass is 10.0. The van der Waals surface area contributed by atoms with Crippen molar-refractivity contribution < 1.29 is 24.3 Å². The van der Waals surface area contributed by atoms with Crippen LogP contribution in [0.5, 0.6) is 0 Å². The number of carboxylic acids is 1. The Kier molecular flexibility index (Phi) is 8.01. The van der Waals surface area contributed by atoms with Gasteiger partial charge in [0.1, 0.15) is 18.1 Å². The van der Waals surface area contributed by atoms with Crippen molar-refractivity contribution in [3.8, 4) is 0 Å². The van der Waals surface area contributed by atoms with Crippen LogP contribution in [0.3, 0.4) is 0 Å². The van der Waals surface area contributed by atoms with Crippen LogP contribution in [0.15, 0.2) is 0 Å². The molecule has 0 aliphatic carbocycles. The molecular formula is C17H30N4O5. The summed E-state index contributed by atoms with van der Waals surface area (Å²) < 4.78 is 0. The van der Waals surface area contributed by atoms with E-state index in [2.05, 4.69) is 10.6 Å². The predicted octanol–water partition coefficient (Wildman–Crippen LogP) is -0.555. The van der Waals surface area contributed by atoms with E-state index in [-0.39, 0.29) is 11.8 Å². The normalized spacial score (nSPS) is 20.4. The molecule has 148 valence electrons. The van der Waals surface area contributed by atoms with Crippen molar-refractivity contribution in [3.05, 3.63) is 0 Å². The molecule has 9 heteroatoms. The van der Waals surface area contributed by atoms with Crippen LogP contribution >= 0.6 is 0 Å². The van der Waals surface area contributed by atoms with Crippen molar-refractivity contribution in [3.63, 3.8) is 0 Å². The van der Waals surface area contributed by atoms with E-state index in [1.54, 1.807) is 0 Å². The Morgan fingerprint density at radius 2 is 1.77 bits per heavy atom. The number of carbonyl (C=O) groups excluding carboxylic acids is 3. The first-order valence-electron chi connectivity index (χ1n) is 8.94. The quantitative estimate of drug-likeness (QED) is 0.451. The third kappa shape index (κ3) is 5.98. The third-order valence-corrected chi connectivity index (χ3v) is 4.30. The van der Waals surface area contributed by atoms with E-state index < -0.39 is 42.0 Å². The zero-order chi connectivity index (χ0) is 20.0. The van der Waals surface area contributed by atoms with Crippen LogP contribution in [0.25, 0.3) is 0 Å². The minimum atomic E-state index is -1.10. The second-order valence-electron chi connectivity index (χ2n) is 7.24. The number of nitrogens with two attached hydrogens (primary N) is 1. The number of hydrogen-bond acceptors (Lipinski definition) is 5. The third-order valence-electron chi connectivity index (χ3n) is 4.30. The van der Waals surface area contributed by atoms with Crippen LogP contribution < -0.4 is 16.4 Å². The molecule has 1 rings (SSSR count). The summed E-state index contributed by atoms with van der Waals surface area (Å²) >= 11 is 0. The van der Waals surface area contributed by atoms with Gasteiger partial charge in [-0.1, -0.05) is 13.8 Å². The number of aliphatic carboxylic acids is 1. The molecule has 1 fully saturated rings. The van der Waals surface area contributed by atoms with E-state index in [1.165, 1.54) is 18.7 Å². The number of nitrogens with zero attached hydrogens (tertiary/aromatic N) is 1. The maximum Gasteiger partial charge on any atom is 0.326 e. The van der Waals surface area contributed by atoms with Crippen molar-refractivity contribution in [2.75, 3.05) is 6.54 Å². The van der Waals surface area contributed by atoms with Gasteiger partial charge in [-0.25, -0.2) is 4.79 Å². The summed E-state index contributed by atoms with van der Waals surface area (Å²) in [6, 6.07) is -3.27. The highest BCUT2D eigenvalue weighted by molar-refractivity contribution is 5.94. The zero-order valence-corrected chi connectivity index (χ0v) is 15.8. The first kappa shape index (κ1) is 21.9. The lowest BCUT2D eigenvalue weighted by molar-refractivity contribution is -0.145. The van der Waals surface area contributed by atoms with Gasteiger partial charge in [0.05, 0.1) is 6.04 Å².